The van der Waals surface area contributed by atoms with Gasteiger partial charge in [0.1, 0.15) is 12.4 Å². The summed E-state index contributed by atoms with van der Waals surface area (Å²) in [5, 5.41) is 0. The summed E-state index contributed by atoms with van der Waals surface area (Å²) < 4.78 is 11.2. The van der Waals surface area contributed by atoms with Crippen LogP contribution >= 0.6 is 0 Å². The molecule has 0 bridgehead atoms. The van der Waals surface area contributed by atoms with E-state index in [2.05, 4.69) is 11.9 Å². The fourth-order valence-corrected chi connectivity index (χ4v) is 2.25. The van der Waals surface area contributed by atoms with E-state index in [4.69, 9.17) is 9.47 Å². The molecule has 1 aliphatic rings. The van der Waals surface area contributed by atoms with Gasteiger partial charge in [-0.05, 0) is 44.6 Å². The second kappa shape index (κ2) is 5.87. The predicted molar refractivity (Wildman–Crippen MR) is 69.5 cm³/mol. The van der Waals surface area contributed by atoms with Crippen LogP contribution in [0.25, 0.3) is 0 Å². The Morgan fingerprint density at radius 2 is 2.22 bits per heavy atom. The highest BCUT2D eigenvalue weighted by Crippen LogP contribution is 2.29. The zero-order chi connectivity index (χ0) is 13.0. The predicted octanol–water partition coefficient (Wildman–Crippen LogP) is 1.98. The number of ether oxygens (including phenoxy) is 2. The number of aldehydes is 1. The van der Waals surface area contributed by atoms with Gasteiger partial charge < -0.3 is 14.4 Å². The van der Waals surface area contributed by atoms with Gasteiger partial charge in [0, 0.05) is 12.1 Å². The number of hydrogen-bond donors (Lipinski definition) is 0. The largest absolute Gasteiger partial charge is 0.493 e. The van der Waals surface area contributed by atoms with Crippen LogP contribution in [0.3, 0.4) is 0 Å². The van der Waals surface area contributed by atoms with Crippen LogP contribution in [0.15, 0.2) is 18.2 Å². The second-order valence-electron chi connectivity index (χ2n) is 4.67. The van der Waals surface area contributed by atoms with Crippen molar-refractivity contribution in [3.63, 3.8) is 0 Å². The van der Waals surface area contributed by atoms with Crippen molar-refractivity contribution in [2.75, 3.05) is 27.2 Å². The van der Waals surface area contributed by atoms with Crippen LogP contribution in [0.1, 0.15) is 23.2 Å². The van der Waals surface area contributed by atoms with Gasteiger partial charge in [0.2, 0.25) is 0 Å². The van der Waals surface area contributed by atoms with Crippen LogP contribution in [0, 0.1) is 0 Å². The van der Waals surface area contributed by atoms with Crippen molar-refractivity contribution in [2.24, 2.45) is 0 Å². The molecule has 1 atom stereocenters. The summed E-state index contributed by atoms with van der Waals surface area (Å²) in [7, 11) is 3.69. The highest BCUT2D eigenvalue weighted by molar-refractivity contribution is 5.76. The molecule has 1 unspecified atom stereocenters. The minimum absolute atomic E-state index is 0.194. The van der Waals surface area contributed by atoms with Crippen LogP contribution in [-0.4, -0.2) is 44.5 Å². The number of likely N-dealkylation sites (tertiary alicyclic amines) is 1. The number of likely N-dealkylation sites (N-methyl/N-ethyl adjacent to an activating group) is 1. The zero-order valence-corrected chi connectivity index (χ0v) is 10.9. The lowest BCUT2D eigenvalue weighted by molar-refractivity contribution is 0.101. The maximum absolute atomic E-state index is 10.7. The first-order valence-corrected chi connectivity index (χ1v) is 6.21. The average molecular weight is 249 g/mol. The number of rotatable bonds is 4. The molecule has 4 nitrogen and oxygen atoms in total. The molecule has 0 radical (unpaired) electrons. The summed E-state index contributed by atoms with van der Waals surface area (Å²) >= 11 is 0. The quantitative estimate of drug-likeness (QED) is 0.765. The Kier molecular flexibility index (Phi) is 4.20. The number of carbonyl (C=O) groups excluding carboxylic acids is 1. The lowest BCUT2D eigenvalue weighted by atomic mass is 10.1. The lowest BCUT2D eigenvalue weighted by Gasteiger charge is -2.30. The molecule has 2 rings (SSSR count). The summed E-state index contributed by atoms with van der Waals surface area (Å²) in [6.07, 6.45) is 3.21. The Labute approximate surface area is 107 Å². The summed E-state index contributed by atoms with van der Waals surface area (Å²) in [5.74, 6) is 1.33. The molecule has 0 spiro atoms. The van der Waals surface area contributed by atoms with Gasteiger partial charge in [0.15, 0.2) is 11.5 Å². The van der Waals surface area contributed by atoms with Crippen LogP contribution in [0.2, 0.25) is 0 Å². The monoisotopic (exact) mass is 249 g/mol. The number of carbonyl (C=O) groups is 1. The van der Waals surface area contributed by atoms with Crippen molar-refractivity contribution >= 4 is 6.29 Å². The molecule has 0 amide bonds. The Bertz CT molecular complexity index is 420. The summed E-state index contributed by atoms with van der Waals surface area (Å²) in [6, 6.07) is 5.25. The average Bonchev–Trinajstić information content (AvgIpc) is 2.39. The number of methoxy groups -OCH3 is 1. The molecule has 1 aromatic rings. The molecule has 18 heavy (non-hydrogen) atoms. The van der Waals surface area contributed by atoms with E-state index in [1.807, 2.05) is 0 Å². The summed E-state index contributed by atoms with van der Waals surface area (Å²) in [6.45, 7) is 2.06. The fraction of sp³-hybridized carbons (Fsp3) is 0.500. The van der Waals surface area contributed by atoms with Gasteiger partial charge in [-0.1, -0.05) is 0 Å². The van der Waals surface area contributed by atoms with Crippen LogP contribution in [0.4, 0.5) is 0 Å². The van der Waals surface area contributed by atoms with E-state index < -0.39 is 0 Å². The maximum Gasteiger partial charge on any atom is 0.161 e. The van der Waals surface area contributed by atoms with Crippen molar-refractivity contribution in [1.82, 2.24) is 4.90 Å². The smallest absolute Gasteiger partial charge is 0.161 e. The molecular formula is C14H19NO3. The standard InChI is InChI=1S/C14H19NO3/c1-15-7-3-4-12(9-15)18-13-6-5-11(10-16)8-14(13)17-2/h5-6,8,10,12H,3-4,7,9H2,1-2H3. The van der Waals surface area contributed by atoms with E-state index in [0.29, 0.717) is 17.1 Å². The molecule has 0 saturated carbocycles. The van der Waals surface area contributed by atoms with E-state index in [1.165, 1.54) is 0 Å². The molecule has 0 aromatic heterocycles. The van der Waals surface area contributed by atoms with Gasteiger partial charge in [-0.2, -0.15) is 0 Å². The van der Waals surface area contributed by atoms with Gasteiger partial charge in [0.05, 0.1) is 7.11 Å². The van der Waals surface area contributed by atoms with E-state index in [-0.39, 0.29) is 6.10 Å². The van der Waals surface area contributed by atoms with Crippen LogP contribution in [-0.2, 0) is 0 Å². The normalized spacial score (nSPS) is 20.4. The molecule has 0 N–H and O–H groups in total. The molecule has 0 aliphatic carbocycles. The van der Waals surface area contributed by atoms with Crippen molar-refractivity contribution in [3.05, 3.63) is 23.8 Å². The molecule has 1 aromatic carbocycles. The molecule has 1 heterocycles. The van der Waals surface area contributed by atoms with Crippen molar-refractivity contribution in [3.8, 4) is 11.5 Å². The van der Waals surface area contributed by atoms with Crippen LogP contribution in [0.5, 0.6) is 11.5 Å². The second-order valence-corrected chi connectivity index (χ2v) is 4.67. The van der Waals surface area contributed by atoms with Gasteiger partial charge in [0.25, 0.3) is 0 Å². The number of hydrogen-bond acceptors (Lipinski definition) is 4. The lowest BCUT2D eigenvalue weighted by Crippen LogP contribution is -2.38. The Hall–Kier alpha value is -1.55. The van der Waals surface area contributed by atoms with Crippen molar-refractivity contribution in [2.45, 2.75) is 18.9 Å². The third-order valence-corrected chi connectivity index (χ3v) is 3.20. The fourth-order valence-electron chi connectivity index (χ4n) is 2.25. The Balaban J connectivity index is 2.10. The van der Waals surface area contributed by atoms with E-state index >= 15 is 0 Å². The SMILES string of the molecule is COc1cc(C=O)ccc1OC1CCCN(C)C1. The Morgan fingerprint density at radius 3 is 2.89 bits per heavy atom. The first kappa shape index (κ1) is 12.9. The van der Waals surface area contributed by atoms with Gasteiger partial charge >= 0.3 is 0 Å². The number of benzene rings is 1. The number of nitrogens with zero attached hydrogens (tertiary/aromatic N) is 1. The minimum atomic E-state index is 0.194. The van der Waals surface area contributed by atoms with Gasteiger partial charge in [-0.25, -0.2) is 0 Å². The molecular weight excluding hydrogens is 230 g/mol. The Morgan fingerprint density at radius 1 is 1.39 bits per heavy atom. The molecule has 1 saturated heterocycles. The first-order chi connectivity index (χ1) is 8.72. The topological polar surface area (TPSA) is 38.8 Å². The molecule has 1 aliphatic heterocycles. The van der Waals surface area contributed by atoms with Gasteiger partial charge in [-0.15, -0.1) is 0 Å². The summed E-state index contributed by atoms with van der Waals surface area (Å²) in [5.41, 5.74) is 0.597. The van der Waals surface area contributed by atoms with Crippen LogP contribution < -0.4 is 9.47 Å². The molecule has 1 fully saturated rings. The third-order valence-electron chi connectivity index (χ3n) is 3.20. The zero-order valence-electron chi connectivity index (χ0n) is 10.9. The van der Waals surface area contributed by atoms with E-state index in [1.54, 1.807) is 25.3 Å². The van der Waals surface area contributed by atoms with E-state index in [9.17, 15) is 4.79 Å². The highest BCUT2D eigenvalue weighted by atomic mass is 16.5. The maximum atomic E-state index is 10.7. The van der Waals surface area contributed by atoms with Crippen molar-refractivity contribution in [1.29, 1.82) is 0 Å². The van der Waals surface area contributed by atoms with Gasteiger partial charge in [-0.3, -0.25) is 4.79 Å². The minimum Gasteiger partial charge on any atom is -0.493 e. The highest BCUT2D eigenvalue weighted by Gasteiger charge is 2.20. The summed E-state index contributed by atoms with van der Waals surface area (Å²) in [4.78, 5) is 13.0. The molecule has 98 valence electrons. The third kappa shape index (κ3) is 3.01. The van der Waals surface area contributed by atoms with Crippen molar-refractivity contribution < 1.29 is 14.3 Å². The molecule has 4 heteroatoms. The first-order valence-electron chi connectivity index (χ1n) is 6.21. The van der Waals surface area contributed by atoms with E-state index in [0.717, 1.165) is 32.2 Å². The number of piperidine rings is 1.